The van der Waals surface area contributed by atoms with Crippen LogP contribution in [0.25, 0.3) is 11.3 Å². The van der Waals surface area contributed by atoms with Crippen LogP contribution in [0.1, 0.15) is 5.69 Å². The monoisotopic (exact) mass is 412 g/mol. The van der Waals surface area contributed by atoms with Crippen molar-refractivity contribution < 1.29 is 48.3 Å². The maximum atomic E-state index is 13.9. The molecule has 0 aliphatic heterocycles. The van der Waals surface area contributed by atoms with Gasteiger partial charge in [-0.25, -0.2) is 0 Å². The lowest BCUT2D eigenvalue weighted by Crippen LogP contribution is -2.65. The molecule has 0 unspecified atom stereocenters. The lowest BCUT2D eigenvalue weighted by Gasteiger charge is -2.36. The summed E-state index contributed by atoms with van der Waals surface area (Å²) in [6.07, 6.45) is -7.20. The standard InChI is InChI=1S/C14H7F11N2/c15-10(16,9-6-8(26-27-9)7-4-2-1-3-5-7)11(17,18)12(19,20)13(21,22)14(23,24)25/h1-6H,(H,26,27). The Balaban J connectivity index is 2.50. The van der Waals surface area contributed by atoms with Crippen molar-refractivity contribution in [2.75, 3.05) is 0 Å². The summed E-state index contributed by atoms with van der Waals surface area (Å²) >= 11 is 0. The first-order valence-electron chi connectivity index (χ1n) is 6.76. The molecule has 0 amide bonds. The van der Waals surface area contributed by atoms with Crippen LogP contribution in [0.15, 0.2) is 36.4 Å². The average molecular weight is 412 g/mol. The van der Waals surface area contributed by atoms with Crippen molar-refractivity contribution in [2.45, 2.75) is 29.9 Å². The number of H-pyrrole nitrogens is 1. The van der Waals surface area contributed by atoms with E-state index in [1.165, 1.54) is 35.4 Å². The molecule has 0 saturated heterocycles. The van der Waals surface area contributed by atoms with Crippen molar-refractivity contribution in [1.29, 1.82) is 0 Å². The molecule has 0 bridgehead atoms. The fraction of sp³-hybridized carbons (Fsp3) is 0.357. The maximum absolute atomic E-state index is 13.9. The van der Waals surface area contributed by atoms with E-state index in [4.69, 9.17) is 0 Å². The minimum absolute atomic E-state index is 0.0616. The molecular formula is C14H7F11N2. The van der Waals surface area contributed by atoms with Crippen LogP contribution in [0.5, 0.6) is 0 Å². The number of aromatic amines is 1. The topological polar surface area (TPSA) is 28.7 Å². The predicted octanol–water partition coefficient (Wildman–Crippen LogP) is 5.64. The number of alkyl halides is 11. The van der Waals surface area contributed by atoms with Gasteiger partial charge in [-0.3, -0.25) is 5.10 Å². The SMILES string of the molecule is FC(F)(F)C(F)(F)C(F)(F)C(F)(F)C(F)(F)c1cc(-c2ccccc2)n[nH]1. The Morgan fingerprint density at radius 1 is 0.667 bits per heavy atom. The highest BCUT2D eigenvalue weighted by Crippen LogP contribution is 2.59. The zero-order valence-electron chi connectivity index (χ0n) is 12.6. The van der Waals surface area contributed by atoms with Crippen LogP contribution >= 0.6 is 0 Å². The van der Waals surface area contributed by atoms with Gasteiger partial charge in [-0.05, 0) is 6.07 Å². The van der Waals surface area contributed by atoms with Gasteiger partial charge in [0.15, 0.2) is 0 Å². The number of hydrogen-bond donors (Lipinski definition) is 1. The molecule has 1 heterocycles. The van der Waals surface area contributed by atoms with E-state index in [0.717, 1.165) is 0 Å². The third-order valence-corrected chi connectivity index (χ3v) is 3.52. The molecule has 1 aromatic heterocycles. The molecule has 0 atom stereocenters. The summed E-state index contributed by atoms with van der Waals surface area (Å²) in [6.45, 7) is 0. The molecule has 2 aromatic rings. The molecule has 27 heavy (non-hydrogen) atoms. The van der Waals surface area contributed by atoms with Gasteiger partial charge >= 0.3 is 29.9 Å². The van der Waals surface area contributed by atoms with Gasteiger partial charge in [0.05, 0.1) is 5.69 Å². The van der Waals surface area contributed by atoms with E-state index in [-0.39, 0.29) is 11.6 Å². The molecule has 0 fully saturated rings. The molecule has 1 N–H and O–H groups in total. The summed E-state index contributed by atoms with van der Waals surface area (Å²) < 4.78 is 143. The van der Waals surface area contributed by atoms with Gasteiger partial charge in [0.2, 0.25) is 0 Å². The van der Waals surface area contributed by atoms with Crippen molar-refractivity contribution in [1.82, 2.24) is 10.2 Å². The van der Waals surface area contributed by atoms with Gasteiger partial charge < -0.3 is 0 Å². The second-order valence-electron chi connectivity index (χ2n) is 5.33. The fourth-order valence-corrected chi connectivity index (χ4v) is 1.98. The first kappa shape index (κ1) is 21.0. The Morgan fingerprint density at radius 3 is 1.67 bits per heavy atom. The van der Waals surface area contributed by atoms with Crippen molar-refractivity contribution in [3.8, 4) is 11.3 Å². The number of hydrogen-bond acceptors (Lipinski definition) is 1. The van der Waals surface area contributed by atoms with Crippen LogP contribution < -0.4 is 0 Å². The average Bonchev–Trinajstić information content (AvgIpc) is 3.04. The minimum atomic E-state index is -7.46. The molecule has 0 aliphatic carbocycles. The molecule has 2 rings (SSSR count). The molecule has 0 saturated carbocycles. The predicted molar refractivity (Wildman–Crippen MR) is 68.8 cm³/mol. The Labute approximate surface area is 143 Å². The summed E-state index contributed by atoms with van der Waals surface area (Å²) in [7, 11) is 0. The molecule has 0 spiro atoms. The van der Waals surface area contributed by atoms with E-state index in [9.17, 15) is 48.3 Å². The fourth-order valence-electron chi connectivity index (χ4n) is 1.98. The van der Waals surface area contributed by atoms with E-state index in [2.05, 4.69) is 5.10 Å². The van der Waals surface area contributed by atoms with E-state index in [1.807, 2.05) is 0 Å². The number of benzene rings is 1. The molecule has 13 heteroatoms. The van der Waals surface area contributed by atoms with E-state index >= 15 is 0 Å². The first-order chi connectivity index (χ1) is 12.1. The van der Waals surface area contributed by atoms with Crippen LogP contribution in [0, 0.1) is 0 Å². The third-order valence-electron chi connectivity index (χ3n) is 3.52. The highest BCUT2D eigenvalue weighted by atomic mass is 19.4. The van der Waals surface area contributed by atoms with E-state index in [1.54, 1.807) is 0 Å². The summed E-state index contributed by atoms with van der Waals surface area (Å²) in [5.41, 5.74) is -2.46. The van der Waals surface area contributed by atoms with Gasteiger partial charge in [-0.15, -0.1) is 0 Å². The summed E-state index contributed by atoms with van der Waals surface area (Å²) in [4.78, 5) is 0. The number of aromatic nitrogens is 2. The lowest BCUT2D eigenvalue weighted by atomic mass is 9.96. The van der Waals surface area contributed by atoms with Crippen molar-refractivity contribution in [3.63, 3.8) is 0 Å². The molecular weight excluding hydrogens is 405 g/mol. The van der Waals surface area contributed by atoms with Crippen LogP contribution in [-0.2, 0) is 5.92 Å². The summed E-state index contributed by atoms with van der Waals surface area (Å²) in [5, 5.41) is 4.44. The van der Waals surface area contributed by atoms with Gasteiger partial charge in [-0.2, -0.15) is 53.4 Å². The quantitative estimate of drug-likeness (QED) is 0.633. The van der Waals surface area contributed by atoms with Gasteiger partial charge in [0, 0.05) is 5.56 Å². The van der Waals surface area contributed by atoms with Gasteiger partial charge in [0.25, 0.3) is 0 Å². The third kappa shape index (κ3) is 3.02. The highest BCUT2D eigenvalue weighted by Gasteiger charge is 2.87. The number of rotatable bonds is 5. The lowest BCUT2D eigenvalue weighted by molar-refractivity contribution is -0.425. The van der Waals surface area contributed by atoms with E-state index in [0.29, 0.717) is 0 Å². The minimum Gasteiger partial charge on any atom is -0.276 e. The number of nitrogens with one attached hydrogen (secondary N) is 1. The molecule has 0 radical (unpaired) electrons. The van der Waals surface area contributed by atoms with E-state index < -0.39 is 41.3 Å². The second kappa shape index (κ2) is 6.09. The van der Waals surface area contributed by atoms with Crippen molar-refractivity contribution in [3.05, 3.63) is 42.1 Å². The Hall–Kier alpha value is -2.34. The van der Waals surface area contributed by atoms with Crippen LogP contribution in [-0.4, -0.2) is 34.1 Å². The van der Waals surface area contributed by atoms with Crippen LogP contribution in [0.4, 0.5) is 48.3 Å². The number of nitrogens with zero attached hydrogens (tertiary/aromatic N) is 1. The van der Waals surface area contributed by atoms with Crippen LogP contribution in [0.2, 0.25) is 0 Å². The highest BCUT2D eigenvalue weighted by molar-refractivity contribution is 5.59. The Kier molecular flexibility index (Phi) is 4.73. The zero-order chi connectivity index (χ0) is 20.9. The smallest absolute Gasteiger partial charge is 0.276 e. The molecule has 2 nitrogen and oxygen atoms in total. The number of halogens is 11. The van der Waals surface area contributed by atoms with Crippen molar-refractivity contribution in [2.24, 2.45) is 0 Å². The second-order valence-corrected chi connectivity index (χ2v) is 5.33. The maximum Gasteiger partial charge on any atom is 0.460 e. The normalized spacial score (nSPS) is 14.5. The molecule has 150 valence electrons. The Bertz CT molecular complexity index is 793. The van der Waals surface area contributed by atoms with Gasteiger partial charge in [0.1, 0.15) is 5.69 Å². The molecule has 1 aromatic carbocycles. The van der Waals surface area contributed by atoms with Crippen molar-refractivity contribution >= 4 is 0 Å². The van der Waals surface area contributed by atoms with Gasteiger partial charge in [-0.1, -0.05) is 30.3 Å². The first-order valence-corrected chi connectivity index (χ1v) is 6.76. The Morgan fingerprint density at radius 2 is 1.19 bits per heavy atom. The summed E-state index contributed by atoms with van der Waals surface area (Å²) in [5.74, 6) is -28.1. The summed E-state index contributed by atoms with van der Waals surface area (Å²) in [6, 6.07) is 6.93. The van der Waals surface area contributed by atoms with Crippen LogP contribution in [0.3, 0.4) is 0 Å². The molecule has 0 aliphatic rings. The largest absolute Gasteiger partial charge is 0.460 e. The zero-order valence-corrected chi connectivity index (χ0v) is 12.6.